The molecule has 0 bridgehead atoms. The first kappa shape index (κ1) is 25.7. The van der Waals surface area contributed by atoms with Gasteiger partial charge in [-0.05, 0) is 78.9 Å². The number of rotatable bonds is 9. The fourth-order valence-electron chi connectivity index (χ4n) is 4.60. The molecule has 1 heterocycles. The predicted molar refractivity (Wildman–Crippen MR) is 146 cm³/mol. The zero-order valence-corrected chi connectivity index (χ0v) is 21.8. The molecule has 3 aromatic carbocycles. The third-order valence-electron chi connectivity index (χ3n) is 6.56. The normalized spacial score (nSPS) is 13.5. The number of carbonyl (C=O) groups is 1. The molecule has 4 aromatic rings. The van der Waals surface area contributed by atoms with Crippen LogP contribution in [0.3, 0.4) is 0 Å². The molecule has 1 fully saturated rings. The Morgan fingerprint density at radius 1 is 1.08 bits per heavy atom. The van der Waals surface area contributed by atoms with Gasteiger partial charge >= 0.3 is 0 Å². The van der Waals surface area contributed by atoms with E-state index in [1.165, 1.54) is 16.4 Å². The molecule has 0 atom stereocenters. The summed E-state index contributed by atoms with van der Waals surface area (Å²) in [5.41, 5.74) is 4.17. The summed E-state index contributed by atoms with van der Waals surface area (Å²) in [6.45, 7) is -0.414. The summed E-state index contributed by atoms with van der Waals surface area (Å²) in [5, 5.41) is 16.0. The first-order valence-corrected chi connectivity index (χ1v) is 14.1. The molecule has 3 N–H and O–H groups in total. The zero-order valence-electron chi connectivity index (χ0n) is 21.0. The molecule has 1 amide bonds. The molecule has 5 rings (SSSR count). The second-order valence-corrected chi connectivity index (χ2v) is 11.2. The van der Waals surface area contributed by atoms with Crippen LogP contribution in [-0.2, 0) is 10.0 Å². The summed E-state index contributed by atoms with van der Waals surface area (Å²) in [5.74, 6) is -0.108. The average Bonchev–Trinajstić information content (AvgIpc) is 3.67. The molecule has 198 valence electrons. The van der Waals surface area contributed by atoms with Gasteiger partial charge in [0.05, 0.1) is 30.7 Å². The minimum Gasteiger partial charge on any atom is -0.455 e. The molecule has 0 saturated heterocycles. The van der Waals surface area contributed by atoms with Gasteiger partial charge in [0.15, 0.2) is 0 Å². The Hall–Kier alpha value is -3.89. The standard InChI is InChI=1S/C28H28FN3O5S/c1-30-28(34)26-23-15-22(17-3-4-17)24(32(13-14-33)38(2,35)36)16-25(23)37-27(26)18-5-9-20(10-6-18)31-21-11-7-19(29)8-12-21/h5-12,15-17,31,33H,3-4,13-14H2,1-2H3,(H,30,34). The molecule has 38 heavy (non-hydrogen) atoms. The molecule has 10 heteroatoms. The maximum Gasteiger partial charge on any atom is 0.255 e. The second-order valence-electron chi connectivity index (χ2n) is 9.33. The number of fused-ring (bicyclic) bond motifs is 1. The highest BCUT2D eigenvalue weighted by Gasteiger charge is 2.33. The topological polar surface area (TPSA) is 112 Å². The molecule has 1 saturated carbocycles. The fraction of sp³-hybridized carbons (Fsp3) is 0.250. The van der Waals surface area contributed by atoms with E-state index >= 15 is 0 Å². The van der Waals surface area contributed by atoms with Crippen molar-refractivity contribution >= 4 is 44.0 Å². The van der Waals surface area contributed by atoms with Crippen LogP contribution >= 0.6 is 0 Å². The van der Waals surface area contributed by atoms with Gasteiger partial charge in [0.2, 0.25) is 10.0 Å². The lowest BCUT2D eigenvalue weighted by Crippen LogP contribution is -2.33. The molecule has 1 aliphatic carbocycles. The molecule has 1 aromatic heterocycles. The molecule has 0 spiro atoms. The van der Waals surface area contributed by atoms with Gasteiger partial charge in [0.25, 0.3) is 5.91 Å². The summed E-state index contributed by atoms with van der Waals surface area (Å²) in [6, 6.07) is 16.8. The van der Waals surface area contributed by atoms with E-state index < -0.39 is 10.0 Å². The molecular formula is C28H28FN3O5S. The Labute approximate surface area is 220 Å². The van der Waals surface area contributed by atoms with E-state index in [4.69, 9.17) is 4.42 Å². The van der Waals surface area contributed by atoms with Crippen LogP contribution < -0.4 is 14.9 Å². The summed E-state index contributed by atoms with van der Waals surface area (Å²) < 4.78 is 45.8. The van der Waals surface area contributed by atoms with Gasteiger partial charge in [0.1, 0.15) is 17.2 Å². The van der Waals surface area contributed by atoms with Crippen molar-refractivity contribution in [1.82, 2.24) is 5.32 Å². The highest BCUT2D eigenvalue weighted by molar-refractivity contribution is 7.92. The number of nitrogens with zero attached hydrogens (tertiary/aromatic N) is 1. The lowest BCUT2D eigenvalue weighted by Gasteiger charge is -2.24. The van der Waals surface area contributed by atoms with Gasteiger partial charge < -0.3 is 20.2 Å². The summed E-state index contributed by atoms with van der Waals surface area (Å²) in [7, 11) is -2.12. The molecule has 0 aliphatic heterocycles. The van der Waals surface area contributed by atoms with E-state index in [2.05, 4.69) is 10.6 Å². The number of halogens is 1. The SMILES string of the molecule is CNC(=O)c1c(-c2ccc(Nc3ccc(F)cc3)cc2)oc2cc(N(CCO)S(C)(=O)=O)c(C3CC3)cc12. The zero-order chi connectivity index (χ0) is 27.0. The smallest absolute Gasteiger partial charge is 0.255 e. The first-order chi connectivity index (χ1) is 18.2. The number of carbonyl (C=O) groups excluding carboxylic acids is 1. The number of anilines is 3. The van der Waals surface area contributed by atoms with Crippen LogP contribution in [0.4, 0.5) is 21.5 Å². The maximum absolute atomic E-state index is 13.2. The van der Waals surface area contributed by atoms with Gasteiger partial charge in [-0.2, -0.15) is 0 Å². The number of hydrogen-bond donors (Lipinski definition) is 3. The monoisotopic (exact) mass is 537 g/mol. The van der Waals surface area contributed by atoms with Crippen LogP contribution in [0.5, 0.6) is 0 Å². The van der Waals surface area contributed by atoms with Gasteiger partial charge in [0, 0.05) is 35.4 Å². The van der Waals surface area contributed by atoms with Gasteiger partial charge in [-0.15, -0.1) is 0 Å². The predicted octanol–water partition coefficient (Wildman–Crippen LogP) is 4.98. The van der Waals surface area contributed by atoms with Crippen LogP contribution in [0, 0.1) is 5.82 Å². The fourth-order valence-corrected chi connectivity index (χ4v) is 5.53. The van der Waals surface area contributed by atoms with Crippen molar-refractivity contribution in [3.8, 4) is 11.3 Å². The van der Waals surface area contributed by atoms with Crippen LogP contribution in [0.1, 0.15) is 34.7 Å². The number of sulfonamides is 1. The van der Waals surface area contributed by atoms with Crippen LogP contribution in [0.25, 0.3) is 22.3 Å². The molecular weight excluding hydrogens is 509 g/mol. The number of furan rings is 1. The Morgan fingerprint density at radius 3 is 2.26 bits per heavy atom. The van der Waals surface area contributed by atoms with E-state index in [0.29, 0.717) is 33.5 Å². The second kappa shape index (κ2) is 10.1. The van der Waals surface area contributed by atoms with Crippen molar-refractivity contribution in [2.24, 2.45) is 0 Å². The lowest BCUT2D eigenvalue weighted by atomic mass is 10.00. The molecule has 0 unspecified atom stereocenters. The number of amides is 1. The summed E-state index contributed by atoms with van der Waals surface area (Å²) >= 11 is 0. The third-order valence-corrected chi connectivity index (χ3v) is 7.74. The minimum absolute atomic E-state index is 0.0809. The minimum atomic E-state index is -3.66. The number of aliphatic hydroxyl groups is 1. The van der Waals surface area contributed by atoms with Crippen molar-refractivity contribution in [2.45, 2.75) is 18.8 Å². The van der Waals surface area contributed by atoms with E-state index in [1.807, 2.05) is 30.3 Å². The van der Waals surface area contributed by atoms with Gasteiger partial charge in [-0.3, -0.25) is 9.10 Å². The highest BCUT2D eigenvalue weighted by atomic mass is 32.2. The largest absolute Gasteiger partial charge is 0.455 e. The molecule has 8 nitrogen and oxygen atoms in total. The van der Waals surface area contributed by atoms with Crippen molar-refractivity contribution in [2.75, 3.05) is 36.1 Å². The van der Waals surface area contributed by atoms with Crippen molar-refractivity contribution in [3.63, 3.8) is 0 Å². The molecule has 1 aliphatic rings. The van der Waals surface area contributed by atoms with Crippen LogP contribution in [0.15, 0.2) is 65.1 Å². The van der Waals surface area contributed by atoms with E-state index in [-0.39, 0.29) is 30.8 Å². The molecule has 0 radical (unpaired) electrons. The number of benzene rings is 3. The van der Waals surface area contributed by atoms with Gasteiger partial charge in [-0.25, -0.2) is 12.8 Å². The van der Waals surface area contributed by atoms with Crippen molar-refractivity contribution in [3.05, 3.63) is 77.6 Å². The van der Waals surface area contributed by atoms with Crippen LogP contribution in [0.2, 0.25) is 0 Å². The first-order valence-electron chi connectivity index (χ1n) is 12.2. The Morgan fingerprint density at radius 2 is 1.71 bits per heavy atom. The number of hydrogen-bond acceptors (Lipinski definition) is 6. The van der Waals surface area contributed by atoms with E-state index in [9.17, 15) is 22.7 Å². The Bertz CT molecular complexity index is 1590. The van der Waals surface area contributed by atoms with E-state index in [0.717, 1.165) is 36.0 Å². The quantitative estimate of drug-likeness (QED) is 0.278. The number of nitrogens with one attached hydrogen (secondary N) is 2. The number of aliphatic hydroxyl groups excluding tert-OH is 1. The van der Waals surface area contributed by atoms with Crippen molar-refractivity contribution < 1.29 is 27.1 Å². The maximum atomic E-state index is 13.2. The summed E-state index contributed by atoms with van der Waals surface area (Å²) in [4.78, 5) is 13.0. The van der Waals surface area contributed by atoms with Crippen molar-refractivity contribution in [1.29, 1.82) is 0 Å². The van der Waals surface area contributed by atoms with Gasteiger partial charge in [-0.1, -0.05) is 0 Å². The van der Waals surface area contributed by atoms with Crippen LogP contribution in [-0.4, -0.2) is 45.9 Å². The van der Waals surface area contributed by atoms with E-state index in [1.54, 1.807) is 25.2 Å². The third kappa shape index (κ3) is 5.09. The Kier molecular flexibility index (Phi) is 6.85. The lowest BCUT2D eigenvalue weighted by molar-refractivity contribution is 0.0964. The summed E-state index contributed by atoms with van der Waals surface area (Å²) in [6.07, 6.45) is 2.93. The highest BCUT2D eigenvalue weighted by Crippen LogP contribution is 2.48. The Balaban J connectivity index is 1.60. The average molecular weight is 538 g/mol.